The van der Waals surface area contributed by atoms with Crippen molar-refractivity contribution in [1.82, 2.24) is 10.6 Å². The number of nitrogens with one attached hydrogen (secondary N) is 2. The van der Waals surface area contributed by atoms with E-state index < -0.39 is 18.2 Å². The molecule has 1 heterocycles. The minimum absolute atomic E-state index is 0. The molecule has 2 atom stereocenters. The third kappa shape index (κ3) is 4.33. The van der Waals surface area contributed by atoms with Gasteiger partial charge in [0.25, 0.3) is 5.91 Å². The van der Waals surface area contributed by atoms with Gasteiger partial charge in [-0.05, 0) is 5.56 Å². The van der Waals surface area contributed by atoms with E-state index in [0.717, 1.165) is 5.56 Å². The van der Waals surface area contributed by atoms with Crippen molar-refractivity contribution >= 4 is 47.3 Å². The molecule has 2 amide bonds. The van der Waals surface area contributed by atoms with Crippen LogP contribution in [-0.2, 0) is 25.5 Å². The summed E-state index contributed by atoms with van der Waals surface area (Å²) in [4.78, 5) is 33.8. The molecule has 1 saturated heterocycles. The minimum Gasteiger partial charge on any atom is -0.439 e. The van der Waals surface area contributed by atoms with Crippen LogP contribution in [0.1, 0.15) is 12.5 Å². The predicted molar refractivity (Wildman–Crippen MR) is 71.5 cm³/mol. The van der Waals surface area contributed by atoms with Gasteiger partial charge < -0.3 is 15.4 Å². The molecule has 0 aliphatic carbocycles. The van der Waals surface area contributed by atoms with E-state index in [2.05, 4.69) is 10.6 Å². The Morgan fingerprint density at radius 2 is 1.95 bits per heavy atom. The first-order valence-corrected chi connectivity index (χ1v) is 5.87. The molecule has 0 bridgehead atoms. The Balaban J connectivity index is 0.00000200. The molecule has 2 rings (SSSR count). The Kier molecular flexibility index (Phi) is 6.19. The zero-order valence-electron chi connectivity index (χ0n) is 11.4. The summed E-state index contributed by atoms with van der Waals surface area (Å²) < 4.78 is 4.83. The maximum atomic E-state index is 11.8. The number of carbonyl (C=O) groups excluding carboxylic acids is 3. The van der Waals surface area contributed by atoms with Gasteiger partial charge in [-0.1, -0.05) is 30.3 Å². The van der Waals surface area contributed by atoms with E-state index in [0.29, 0.717) is 0 Å². The number of amides is 2. The molecule has 20 heavy (non-hydrogen) atoms. The van der Waals surface area contributed by atoms with Crippen LogP contribution in [0.25, 0.3) is 0 Å². The number of hydrogen-bond acceptors (Lipinski definition) is 4. The normalized spacial score (nSPS) is 19.9. The number of carbonyl (C=O) groups is 3. The maximum absolute atomic E-state index is 11.8. The van der Waals surface area contributed by atoms with Crippen molar-refractivity contribution in [3.8, 4) is 0 Å². The summed E-state index contributed by atoms with van der Waals surface area (Å²) in [7, 11) is 0. The Hall–Kier alpha value is -1.37. The summed E-state index contributed by atoms with van der Waals surface area (Å²) in [6, 6.07) is 8.37. The molecule has 2 N–H and O–H groups in total. The van der Waals surface area contributed by atoms with Gasteiger partial charge in [0.1, 0.15) is 0 Å². The van der Waals surface area contributed by atoms with E-state index in [1.807, 2.05) is 30.3 Å². The number of ether oxygens (including phenoxy) is 1. The van der Waals surface area contributed by atoms with E-state index in [-0.39, 0.29) is 47.8 Å². The summed E-state index contributed by atoms with van der Waals surface area (Å²) in [5.74, 6) is -1.15. The fraction of sp³-hybridized carbons (Fsp3) is 0.308. The van der Waals surface area contributed by atoms with Crippen molar-refractivity contribution in [1.29, 1.82) is 0 Å². The predicted octanol–water partition coefficient (Wildman–Crippen LogP) is -0.648. The first kappa shape index (κ1) is 16.7. The van der Waals surface area contributed by atoms with Gasteiger partial charge in [-0.15, -0.1) is 0 Å². The molecule has 1 aliphatic rings. The summed E-state index contributed by atoms with van der Waals surface area (Å²) in [6.07, 6.45) is -0.595. The summed E-state index contributed by atoms with van der Waals surface area (Å²) in [5, 5.41) is 4.94. The number of rotatable bonds is 4. The van der Waals surface area contributed by atoms with E-state index in [1.54, 1.807) is 0 Å². The van der Waals surface area contributed by atoms with Gasteiger partial charge in [0.2, 0.25) is 12.1 Å². The Morgan fingerprint density at radius 3 is 2.50 bits per heavy atom. The van der Waals surface area contributed by atoms with Gasteiger partial charge in [-0.2, -0.15) is 0 Å². The average Bonchev–Trinajstić information content (AvgIpc) is 2.36. The average molecular weight is 285 g/mol. The SMILES string of the molecule is CC(=O)O[C@@H]1NC(=O)[C@H]1NC(=O)Cc1ccccc1.[Na]. The topological polar surface area (TPSA) is 84.5 Å². The standard InChI is InChI=1S/C13H14N2O4.Na/c1-8(16)19-13-11(12(18)15-13)14-10(17)7-9-5-3-2-4-6-9;/h2-6,11,13H,7H2,1H3,(H,14,17)(H,15,18);/t11-,13+;/m1./s1. The van der Waals surface area contributed by atoms with Crippen LogP contribution in [0, 0.1) is 0 Å². The van der Waals surface area contributed by atoms with Crippen molar-refractivity contribution in [3.05, 3.63) is 35.9 Å². The molecule has 7 heteroatoms. The third-order valence-corrected chi connectivity index (χ3v) is 2.69. The van der Waals surface area contributed by atoms with Crippen LogP contribution in [0.5, 0.6) is 0 Å². The molecule has 1 aromatic rings. The largest absolute Gasteiger partial charge is 0.439 e. The molecular formula is C13H14N2NaO4. The molecule has 1 aromatic carbocycles. The van der Waals surface area contributed by atoms with Crippen LogP contribution in [0.4, 0.5) is 0 Å². The molecule has 1 aliphatic heterocycles. The number of β-lactam (4-membered cyclic amide) rings is 1. The van der Waals surface area contributed by atoms with Gasteiger partial charge in [0, 0.05) is 36.5 Å². The molecule has 101 valence electrons. The fourth-order valence-electron chi connectivity index (χ4n) is 1.78. The minimum atomic E-state index is -0.805. The summed E-state index contributed by atoms with van der Waals surface area (Å²) in [6.45, 7) is 1.24. The Morgan fingerprint density at radius 1 is 1.30 bits per heavy atom. The van der Waals surface area contributed by atoms with Crippen molar-refractivity contribution in [3.63, 3.8) is 0 Å². The van der Waals surface area contributed by atoms with Crippen molar-refractivity contribution < 1.29 is 19.1 Å². The molecule has 0 saturated carbocycles. The number of benzene rings is 1. The van der Waals surface area contributed by atoms with Crippen molar-refractivity contribution in [2.75, 3.05) is 0 Å². The number of esters is 1. The van der Waals surface area contributed by atoms with Crippen LogP contribution in [0.2, 0.25) is 0 Å². The molecular weight excluding hydrogens is 271 g/mol. The fourth-order valence-corrected chi connectivity index (χ4v) is 1.78. The molecule has 0 aromatic heterocycles. The van der Waals surface area contributed by atoms with E-state index in [9.17, 15) is 14.4 Å². The van der Waals surface area contributed by atoms with Crippen molar-refractivity contribution in [2.45, 2.75) is 25.6 Å². The van der Waals surface area contributed by atoms with Gasteiger partial charge in [0.05, 0.1) is 6.42 Å². The van der Waals surface area contributed by atoms with Crippen LogP contribution >= 0.6 is 0 Å². The molecule has 1 fully saturated rings. The third-order valence-electron chi connectivity index (χ3n) is 2.69. The van der Waals surface area contributed by atoms with Crippen LogP contribution < -0.4 is 10.6 Å². The summed E-state index contributed by atoms with van der Waals surface area (Å²) >= 11 is 0. The van der Waals surface area contributed by atoms with Gasteiger partial charge in [-0.3, -0.25) is 14.4 Å². The zero-order valence-corrected chi connectivity index (χ0v) is 13.4. The first-order valence-electron chi connectivity index (χ1n) is 5.87. The quantitative estimate of drug-likeness (QED) is 0.437. The van der Waals surface area contributed by atoms with Gasteiger partial charge >= 0.3 is 5.97 Å². The second-order valence-corrected chi connectivity index (χ2v) is 4.25. The molecule has 0 unspecified atom stereocenters. The van der Waals surface area contributed by atoms with Crippen LogP contribution in [-0.4, -0.2) is 59.6 Å². The second-order valence-electron chi connectivity index (χ2n) is 4.25. The maximum Gasteiger partial charge on any atom is 0.304 e. The van der Waals surface area contributed by atoms with Gasteiger partial charge in [0.15, 0.2) is 6.04 Å². The summed E-state index contributed by atoms with van der Waals surface area (Å²) in [5.41, 5.74) is 0.851. The zero-order chi connectivity index (χ0) is 13.8. The van der Waals surface area contributed by atoms with Crippen LogP contribution in [0.15, 0.2) is 30.3 Å². The Labute approximate surface area is 138 Å². The van der Waals surface area contributed by atoms with Crippen molar-refractivity contribution in [2.24, 2.45) is 0 Å². The second kappa shape index (κ2) is 7.42. The van der Waals surface area contributed by atoms with Gasteiger partial charge in [-0.25, -0.2) is 0 Å². The molecule has 6 nitrogen and oxygen atoms in total. The van der Waals surface area contributed by atoms with E-state index in [4.69, 9.17) is 4.74 Å². The molecule has 1 radical (unpaired) electrons. The number of hydrogen-bond donors (Lipinski definition) is 2. The smallest absolute Gasteiger partial charge is 0.304 e. The van der Waals surface area contributed by atoms with E-state index in [1.165, 1.54) is 6.92 Å². The monoisotopic (exact) mass is 285 g/mol. The molecule has 0 spiro atoms. The first-order chi connectivity index (χ1) is 9.06. The van der Waals surface area contributed by atoms with Crippen LogP contribution in [0.3, 0.4) is 0 Å². The van der Waals surface area contributed by atoms with E-state index >= 15 is 0 Å². The Bertz CT molecular complexity index is 506.